The standard InChI is InChI=1S/C21H23NO5/c1-4-19(23)22-18-12-17(10-9-14(18)3)21(25)27-13-15-7-6-8-16(11-15)20(24)26-5-2/h6-12H,4-5,13H2,1-3H3,(H,22,23). The summed E-state index contributed by atoms with van der Waals surface area (Å²) in [5, 5.41) is 2.76. The maximum Gasteiger partial charge on any atom is 0.338 e. The highest BCUT2D eigenvalue weighted by Crippen LogP contribution is 2.18. The van der Waals surface area contributed by atoms with E-state index < -0.39 is 11.9 Å². The van der Waals surface area contributed by atoms with Crippen molar-refractivity contribution in [2.75, 3.05) is 11.9 Å². The number of nitrogens with one attached hydrogen (secondary N) is 1. The van der Waals surface area contributed by atoms with Crippen LogP contribution in [0.15, 0.2) is 42.5 Å². The molecule has 2 rings (SSSR count). The van der Waals surface area contributed by atoms with Gasteiger partial charge in [-0.2, -0.15) is 0 Å². The maximum absolute atomic E-state index is 12.3. The molecule has 142 valence electrons. The van der Waals surface area contributed by atoms with Crippen molar-refractivity contribution in [1.29, 1.82) is 0 Å². The van der Waals surface area contributed by atoms with Gasteiger partial charge >= 0.3 is 11.9 Å². The number of amides is 1. The summed E-state index contributed by atoms with van der Waals surface area (Å²) >= 11 is 0. The third-order valence-electron chi connectivity index (χ3n) is 3.88. The van der Waals surface area contributed by atoms with Gasteiger partial charge in [0.15, 0.2) is 0 Å². The van der Waals surface area contributed by atoms with Gasteiger partial charge in [-0.1, -0.05) is 25.1 Å². The Labute approximate surface area is 158 Å². The molecule has 0 unspecified atom stereocenters. The molecule has 0 atom stereocenters. The molecule has 0 bridgehead atoms. The summed E-state index contributed by atoms with van der Waals surface area (Å²) in [6.45, 7) is 5.66. The second-order valence-electron chi connectivity index (χ2n) is 5.93. The van der Waals surface area contributed by atoms with E-state index in [9.17, 15) is 14.4 Å². The first-order valence-electron chi connectivity index (χ1n) is 8.78. The van der Waals surface area contributed by atoms with Crippen molar-refractivity contribution in [3.8, 4) is 0 Å². The summed E-state index contributed by atoms with van der Waals surface area (Å²) in [4.78, 5) is 35.7. The maximum atomic E-state index is 12.3. The van der Waals surface area contributed by atoms with Crippen LogP contribution in [-0.4, -0.2) is 24.5 Å². The number of anilines is 1. The van der Waals surface area contributed by atoms with Crippen LogP contribution < -0.4 is 5.32 Å². The molecule has 0 aromatic heterocycles. The zero-order valence-electron chi connectivity index (χ0n) is 15.7. The van der Waals surface area contributed by atoms with Gasteiger partial charge in [0, 0.05) is 12.1 Å². The van der Waals surface area contributed by atoms with E-state index >= 15 is 0 Å². The third-order valence-corrected chi connectivity index (χ3v) is 3.88. The first-order valence-corrected chi connectivity index (χ1v) is 8.78. The number of hydrogen-bond acceptors (Lipinski definition) is 5. The van der Waals surface area contributed by atoms with Gasteiger partial charge in [-0.15, -0.1) is 0 Å². The van der Waals surface area contributed by atoms with Crippen LogP contribution >= 0.6 is 0 Å². The molecule has 0 heterocycles. The van der Waals surface area contributed by atoms with Gasteiger partial charge in [0.05, 0.1) is 17.7 Å². The fourth-order valence-electron chi connectivity index (χ4n) is 2.36. The van der Waals surface area contributed by atoms with Gasteiger partial charge < -0.3 is 14.8 Å². The first kappa shape index (κ1) is 20.2. The van der Waals surface area contributed by atoms with Crippen LogP contribution in [0.3, 0.4) is 0 Å². The molecule has 2 aromatic rings. The van der Waals surface area contributed by atoms with E-state index in [1.807, 2.05) is 6.92 Å². The van der Waals surface area contributed by atoms with Crippen LogP contribution in [-0.2, 0) is 20.9 Å². The summed E-state index contributed by atoms with van der Waals surface area (Å²) in [7, 11) is 0. The van der Waals surface area contributed by atoms with Gasteiger partial charge in [0.2, 0.25) is 5.91 Å². The molecule has 0 saturated carbocycles. The molecular formula is C21H23NO5. The number of hydrogen-bond donors (Lipinski definition) is 1. The number of rotatable bonds is 7. The Morgan fingerprint density at radius 3 is 2.33 bits per heavy atom. The van der Waals surface area contributed by atoms with E-state index in [1.165, 1.54) is 0 Å². The number of esters is 2. The Balaban J connectivity index is 2.05. The quantitative estimate of drug-likeness (QED) is 0.749. The van der Waals surface area contributed by atoms with E-state index in [-0.39, 0.29) is 12.5 Å². The highest BCUT2D eigenvalue weighted by atomic mass is 16.5. The molecular weight excluding hydrogens is 346 g/mol. The highest BCUT2D eigenvalue weighted by molar-refractivity contribution is 5.95. The molecule has 0 radical (unpaired) electrons. The molecule has 0 aliphatic carbocycles. The predicted octanol–water partition coefficient (Wildman–Crippen LogP) is 3.88. The molecule has 6 nitrogen and oxygen atoms in total. The van der Waals surface area contributed by atoms with Crippen LogP contribution in [0.1, 0.15) is 52.1 Å². The van der Waals surface area contributed by atoms with E-state index in [0.717, 1.165) is 5.56 Å². The van der Waals surface area contributed by atoms with Gasteiger partial charge in [-0.25, -0.2) is 9.59 Å². The lowest BCUT2D eigenvalue weighted by atomic mass is 10.1. The molecule has 27 heavy (non-hydrogen) atoms. The monoisotopic (exact) mass is 369 g/mol. The van der Waals surface area contributed by atoms with Crippen molar-refractivity contribution in [3.05, 3.63) is 64.7 Å². The van der Waals surface area contributed by atoms with Gasteiger partial charge in [0.1, 0.15) is 6.61 Å². The summed E-state index contributed by atoms with van der Waals surface area (Å²) in [5.74, 6) is -1.05. The zero-order chi connectivity index (χ0) is 19.8. The van der Waals surface area contributed by atoms with E-state index in [1.54, 1.807) is 56.3 Å². The number of ether oxygens (including phenoxy) is 2. The van der Waals surface area contributed by atoms with Crippen LogP contribution in [0.25, 0.3) is 0 Å². The summed E-state index contributed by atoms with van der Waals surface area (Å²) in [6.07, 6.45) is 0.352. The van der Waals surface area contributed by atoms with E-state index in [0.29, 0.717) is 35.4 Å². The molecule has 2 aromatic carbocycles. The smallest absolute Gasteiger partial charge is 0.338 e. The molecule has 0 saturated heterocycles. The highest BCUT2D eigenvalue weighted by Gasteiger charge is 2.12. The minimum atomic E-state index is -0.511. The molecule has 1 amide bonds. The van der Waals surface area contributed by atoms with E-state index in [2.05, 4.69) is 5.32 Å². The Morgan fingerprint density at radius 1 is 0.926 bits per heavy atom. The molecule has 1 N–H and O–H groups in total. The van der Waals surface area contributed by atoms with Crippen molar-refractivity contribution in [2.45, 2.75) is 33.8 Å². The van der Waals surface area contributed by atoms with Gasteiger partial charge in [0.25, 0.3) is 0 Å². The zero-order valence-corrected chi connectivity index (χ0v) is 15.7. The Kier molecular flexibility index (Phi) is 7.11. The number of aryl methyl sites for hydroxylation is 1. The van der Waals surface area contributed by atoms with Gasteiger partial charge in [-0.05, 0) is 49.2 Å². The summed E-state index contributed by atoms with van der Waals surface area (Å²) in [6, 6.07) is 11.7. The van der Waals surface area contributed by atoms with Crippen LogP contribution in [0.4, 0.5) is 5.69 Å². The lowest BCUT2D eigenvalue weighted by Crippen LogP contribution is -2.12. The molecule has 6 heteroatoms. The van der Waals surface area contributed by atoms with Gasteiger partial charge in [-0.3, -0.25) is 4.79 Å². The van der Waals surface area contributed by atoms with Crippen LogP contribution in [0.5, 0.6) is 0 Å². The van der Waals surface area contributed by atoms with Crippen molar-refractivity contribution in [3.63, 3.8) is 0 Å². The minimum absolute atomic E-state index is 0.0244. The average molecular weight is 369 g/mol. The second-order valence-corrected chi connectivity index (χ2v) is 5.93. The van der Waals surface area contributed by atoms with E-state index in [4.69, 9.17) is 9.47 Å². The fourth-order valence-corrected chi connectivity index (χ4v) is 2.36. The normalized spacial score (nSPS) is 10.2. The topological polar surface area (TPSA) is 81.7 Å². The lowest BCUT2D eigenvalue weighted by Gasteiger charge is -2.10. The first-order chi connectivity index (χ1) is 12.9. The molecule has 0 aliphatic heterocycles. The van der Waals surface area contributed by atoms with Crippen LogP contribution in [0.2, 0.25) is 0 Å². The Hall–Kier alpha value is -3.15. The molecule has 0 fully saturated rings. The second kappa shape index (κ2) is 9.52. The lowest BCUT2D eigenvalue weighted by molar-refractivity contribution is -0.115. The van der Waals surface area contributed by atoms with Crippen molar-refractivity contribution < 1.29 is 23.9 Å². The number of carbonyl (C=O) groups excluding carboxylic acids is 3. The number of benzene rings is 2. The SMILES string of the molecule is CCOC(=O)c1cccc(COC(=O)c2ccc(C)c(NC(=O)CC)c2)c1. The Morgan fingerprint density at radius 2 is 1.63 bits per heavy atom. The minimum Gasteiger partial charge on any atom is -0.462 e. The third kappa shape index (κ3) is 5.67. The van der Waals surface area contributed by atoms with Crippen molar-refractivity contribution in [2.24, 2.45) is 0 Å². The predicted molar refractivity (Wildman–Crippen MR) is 102 cm³/mol. The van der Waals surface area contributed by atoms with Crippen molar-refractivity contribution >= 4 is 23.5 Å². The molecule has 0 spiro atoms. The fraction of sp³-hybridized carbons (Fsp3) is 0.286. The number of carbonyl (C=O) groups is 3. The summed E-state index contributed by atoms with van der Waals surface area (Å²) < 4.78 is 10.3. The molecule has 0 aliphatic rings. The average Bonchev–Trinajstić information content (AvgIpc) is 2.68. The summed E-state index contributed by atoms with van der Waals surface area (Å²) in [5.41, 5.74) is 2.87. The van der Waals surface area contributed by atoms with Crippen molar-refractivity contribution in [1.82, 2.24) is 0 Å². The largest absolute Gasteiger partial charge is 0.462 e. The Bertz CT molecular complexity index is 844. The van der Waals surface area contributed by atoms with Crippen LogP contribution in [0, 0.1) is 6.92 Å².